The maximum absolute atomic E-state index is 13.0. The van der Waals surface area contributed by atoms with Gasteiger partial charge in [0.1, 0.15) is 0 Å². The highest BCUT2D eigenvalue weighted by molar-refractivity contribution is 5.96. The van der Waals surface area contributed by atoms with E-state index in [0.717, 1.165) is 0 Å². The molecule has 2 heterocycles. The summed E-state index contributed by atoms with van der Waals surface area (Å²) in [6.07, 6.45) is 1.15. The molecule has 1 saturated heterocycles. The third kappa shape index (κ3) is 4.64. The number of carbonyl (C=O) groups is 2. The van der Waals surface area contributed by atoms with Crippen LogP contribution in [0.2, 0.25) is 0 Å². The highest BCUT2D eigenvalue weighted by atomic mass is 16.5. The molecule has 0 unspecified atom stereocenters. The summed E-state index contributed by atoms with van der Waals surface area (Å²) in [6, 6.07) is 3.27. The first kappa shape index (κ1) is 21.4. The number of carbonyl (C=O) groups excluding carboxylic acids is 2. The minimum atomic E-state index is -0.169. The maximum atomic E-state index is 13.0. The Morgan fingerprint density at radius 1 is 1.13 bits per heavy atom. The highest BCUT2D eigenvalue weighted by Crippen LogP contribution is 2.38. The van der Waals surface area contributed by atoms with Gasteiger partial charge in [-0.25, -0.2) is 0 Å². The van der Waals surface area contributed by atoms with Gasteiger partial charge in [-0.2, -0.15) is 4.98 Å². The Labute approximate surface area is 174 Å². The van der Waals surface area contributed by atoms with Crippen LogP contribution in [-0.4, -0.2) is 61.3 Å². The summed E-state index contributed by atoms with van der Waals surface area (Å²) >= 11 is 0. The fourth-order valence-corrected chi connectivity index (χ4v) is 3.45. The molecule has 10 nitrogen and oxygen atoms in total. The molecular formula is C20H26N4O6. The summed E-state index contributed by atoms with van der Waals surface area (Å²) < 4.78 is 20.9. The van der Waals surface area contributed by atoms with Crippen LogP contribution >= 0.6 is 0 Å². The van der Waals surface area contributed by atoms with Crippen LogP contribution in [0.1, 0.15) is 34.9 Å². The van der Waals surface area contributed by atoms with E-state index < -0.39 is 0 Å². The average molecular weight is 418 g/mol. The molecule has 0 aliphatic carbocycles. The highest BCUT2D eigenvalue weighted by Gasteiger charge is 2.29. The van der Waals surface area contributed by atoms with E-state index in [1.165, 1.54) is 21.3 Å². The van der Waals surface area contributed by atoms with E-state index in [2.05, 4.69) is 15.5 Å². The van der Waals surface area contributed by atoms with Gasteiger partial charge in [0, 0.05) is 24.6 Å². The molecule has 1 aromatic heterocycles. The summed E-state index contributed by atoms with van der Waals surface area (Å²) in [6.45, 7) is 2.88. The summed E-state index contributed by atoms with van der Waals surface area (Å²) in [5.74, 6) is 1.78. The third-order valence-electron chi connectivity index (χ3n) is 5.05. The van der Waals surface area contributed by atoms with Crippen molar-refractivity contribution in [2.24, 2.45) is 5.92 Å². The largest absolute Gasteiger partial charge is 0.493 e. The fourth-order valence-electron chi connectivity index (χ4n) is 3.45. The zero-order chi connectivity index (χ0) is 21.7. The van der Waals surface area contributed by atoms with Crippen LogP contribution in [0.3, 0.4) is 0 Å². The van der Waals surface area contributed by atoms with Gasteiger partial charge in [0.15, 0.2) is 17.3 Å². The predicted octanol–water partition coefficient (Wildman–Crippen LogP) is 1.57. The number of piperidine rings is 1. The molecule has 10 heteroatoms. The molecule has 1 aliphatic heterocycles. The van der Waals surface area contributed by atoms with E-state index in [4.69, 9.17) is 18.7 Å². The van der Waals surface area contributed by atoms with Gasteiger partial charge < -0.3 is 29.0 Å². The molecule has 0 bridgehead atoms. The number of aryl methyl sites for hydroxylation is 1. The van der Waals surface area contributed by atoms with Crippen molar-refractivity contribution in [2.75, 3.05) is 34.4 Å². The van der Waals surface area contributed by atoms with Crippen molar-refractivity contribution in [1.82, 2.24) is 20.4 Å². The number of nitrogens with zero attached hydrogens (tertiary/aromatic N) is 3. The summed E-state index contributed by atoms with van der Waals surface area (Å²) in [4.78, 5) is 31.2. The van der Waals surface area contributed by atoms with Crippen molar-refractivity contribution < 1.29 is 28.3 Å². The van der Waals surface area contributed by atoms with Crippen molar-refractivity contribution in [3.05, 3.63) is 29.4 Å². The van der Waals surface area contributed by atoms with Crippen LogP contribution in [0.25, 0.3) is 0 Å². The lowest BCUT2D eigenvalue weighted by Gasteiger charge is -2.31. The predicted molar refractivity (Wildman–Crippen MR) is 106 cm³/mol. The standard InChI is InChI=1S/C20H26N4O6/c1-12-22-17(30-23-12)11-21-19(25)13-5-7-24(8-6-13)20(26)14-9-15(27-2)18(29-4)16(10-14)28-3/h9-10,13H,5-8,11H2,1-4H3,(H,21,25). The second-order valence-corrected chi connectivity index (χ2v) is 6.93. The first-order chi connectivity index (χ1) is 14.5. The molecule has 0 spiro atoms. The van der Waals surface area contributed by atoms with Gasteiger partial charge >= 0.3 is 0 Å². The van der Waals surface area contributed by atoms with Gasteiger partial charge in [0.2, 0.25) is 17.5 Å². The lowest BCUT2D eigenvalue weighted by Crippen LogP contribution is -2.43. The van der Waals surface area contributed by atoms with Crippen molar-refractivity contribution in [1.29, 1.82) is 0 Å². The minimum Gasteiger partial charge on any atom is -0.493 e. The summed E-state index contributed by atoms with van der Waals surface area (Å²) in [5, 5.41) is 6.51. The third-order valence-corrected chi connectivity index (χ3v) is 5.05. The number of hydrogen-bond donors (Lipinski definition) is 1. The SMILES string of the molecule is COc1cc(C(=O)N2CCC(C(=O)NCc3nc(C)no3)CC2)cc(OC)c1OC. The lowest BCUT2D eigenvalue weighted by molar-refractivity contribution is -0.126. The molecule has 0 saturated carbocycles. The molecule has 0 radical (unpaired) electrons. The molecule has 0 atom stereocenters. The average Bonchev–Trinajstić information content (AvgIpc) is 3.20. The number of nitrogens with one attached hydrogen (secondary N) is 1. The lowest BCUT2D eigenvalue weighted by atomic mass is 9.95. The summed E-state index contributed by atoms with van der Waals surface area (Å²) in [7, 11) is 4.52. The van der Waals surface area contributed by atoms with Crippen LogP contribution in [0.15, 0.2) is 16.7 Å². The maximum Gasteiger partial charge on any atom is 0.254 e. The van der Waals surface area contributed by atoms with Gasteiger partial charge in [-0.1, -0.05) is 5.16 Å². The monoisotopic (exact) mass is 418 g/mol. The Bertz CT molecular complexity index is 879. The Kier molecular flexibility index (Phi) is 6.76. The van der Waals surface area contributed by atoms with Gasteiger partial charge in [-0.3, -0.25) is 9.59 Å². The number of rotatable bonds is 7. The number of amides is 2. The van der Waals surface area contributed by atoms with E-state index in [1.807, 2.05) is 0 Å². The van der Waals surface area contributed by atoms with E-state index >= 15 is 0 Å². The first-order valence-corrected chi connectivity index (χ1v) is 9.63. The van der Waals surface area contributed by atoms with Crippen molar-refractivity contribution in [3.63, 3.8) is 0 Å². The van der Waals surface area contributed by atoms with Gasteiger partial charge in [0.05, 0.1) is 27.9 Å². The number of ether oxygens (including phenoxy) is 3. The molecule has 162 valence electrons. The van der Waals surface area contributed by atoms with Crippen molar-refractivity contribution in [2.45, 2.75) is 26.3 Å². The molecular weight excluding hydrogens is 392 g/mol. The molecule has 1 fully saturated rings. The van der Waals surface area contributed by atoms with Crippen LogP contribution < -0.4 is 19.5 Å². The molecule has 30 heavy (non-hydrogen) atoms. The van der Waals surface area contributed by atoms with E-state index in [0.29, 0.717) is 60.5 Å². The number of hydrogen-bond acceptors (Lipinski definition) is 8. The molecule has 2 amide bonds. The Morgan fingerprint density at radius 2 is 1.77 bits per heavy atom. The molecule has 1 aliphatic rings. The second kappa shape index (κ2) is 9.47. The minimum absolute atomic E-state index is 0.0780. The van der Waals surface area contributed by atoms with E-state index in [-0.39, 0.29) is 24.3 Å². The molecule has 1 aromatic carbocycles. The number of methoxy groups -OCH3 is 3. The van der Waals surface area contributed by atoms with E-state index in [1.54, 1.807) is 24.0 Å². The smallest absolute Gasteiger partial charge is 0.254 e. The number of benzene rings is 1. The van der Waals surface area contributed by atoms with Crippen molar-refractivity contribution in [3.8, 4) is 17.2 Å². The zero-order valence-electron chi connectivity index (χ0n) is 17.6. The second-order valence-electron chi connectivity index (χ2n) is 6.93. The van der Waals surface area contributed by atoms with Gasteiger partial charge in [-0.05, 0) is 31.9 Å². The molecule has 1 N–H and O–H groups in total. The quantitative estimate of drug-likeness (QED) is 0.720. The Hall–Kier alpha value is -3.30. The normalized spacial score (nSPS) is 14.3. The Balaban J connectivity index is 1.59. The topological polar surface area (TPSA) is 116 Å². The van der Waals surface area contributed by atoms with Crippen LogP contribution in [0, 0.1) is 12.8 Å². The van der Waals surface area contributed by atoms with Crippen LogP contribution in [0.4, 0.5) is 0 Å². The number of aromatic nitrogens is 2. The van der Waals surface area contributed by atoms with Crippen molar-refractivity contribution >= 4 is 11.8 Å². The zero-order valence-corrected chi connectivity index (χ0v) is 17.6. The van der Waals surface area contributed by atoms with Crippen LogP contribution in [0.5, 0.6) is 17.2 Å². The Morgan fingerprint density at radius 3 is 2.27 bits per heavy atom. The molecule has 3 rings (SSSR count). The van der Waals surface area contributed by atoms with E-state index in [9.17, 15) is 9.59 Å². The number of likely N-dealkylation sites (tertiary alicyclic amines) is 1. The summed E-state index contributed by atoms with van der Waals surface area (Å²) in [5.41, 5.74) is 0.444. The van der Waals surface area contributed by atoms with Gasteiger partial charge in [-0.15, -0.1) is 0 Å². The molecule has 2 aromatic rings. The first-order valence-electron chi connectivity index (χ1n) is 9.63. The van der Waals surface area contributed by atoms with Crippen LogP contribution in [-0.2, 0) is 11.3 Å². The van der Waals surface area contributed by atoms with Gasteiger partial charge in [0.25, 0.3) is 5.91 Å². The fraction of sp³-hybridized carbons (Fsp3) is 0.500.